The molecule has 1 aromatic rings. The molecular weight excluding hydrogens is 454 g/mol. The minimum absolute atomic E-state index is 0.0111. The van der Waals surface area contributed by atoms with Crippen molar-refractivity contribution in [3.63, 3.8) is 0 Å². The van der Waals surface area contributed by atoms with E-state index in [2.05, 4.69) is 22.4 Å². The van der Waals surface area contributed by atoms with E-state index in [9.17, 15) is 24.0 Å². The van der Waals surface area contributed by atoms with Crippen LogP contribution in [0.2, 0.25) is 0 Å². The third kappa shape index (κ3) is 9.51. The molecule has 0 saturated heterocycles. The zero-order valence-corrected chi connectivity index (χ0v) is 19.4. The molecule has 13 heteroatoms. The minimum Gasteiger partial charge on any atom is -0.456 e. The van der Waals surface area contributed by atoms with Gasteiger partial charge in [0.05, 0.1) is 10.7 Å². The minimum atomic E-state index is -1.24. The van der Waals surface area contributed by atoms with E-state index in [-0.39, 0.29) is 23.2 Å². The summed E-state index contributed by atoms with van der Waals surface area (Å²) in [5, 5.41) is 1.61. The number of hydrogen-bond donors (Lipinski definition) is 2. The fourth-order valence-electron chi connectivity index (χ4n) is 1.74. The Balaban J connectivity index is 2.68. The largest absolute Gasteiger partial charge is 0.519 e. The van der Waals surface area contributed by atoms with Gasteiger partial charge in [0.2, 0.25) is 12.7 Å². The molecule has 0 bridgehead atoms. The van der Waals surface area contributed by atoms with Crippen molar-refractivity contribution in [3.05, 3.63) is 22.1 Å². The van der Waals surface area contributed by atoms with E-state index in [1.165, 1.54) is 20.8 Å². The lowest BCUT2D eigenvalue weighted by Crippen LogP contribution is -2.49. The molecule has 1 heterocycles. The summed E-state index contributed by atoms with van der Waals surface area (Å²) in [6.07, 6.45) is 0. The van der Waals surface area contributed by atoms with Crippen molar-refractivity contribution < 1.29 is 42.2 Å². The van der Waals surface area contributed by atoms with E-state index in [1.54, 1.807) is 13.8 Å². The molecule has 0 fully saturated rings. The summed E-state index contributed by atoms with van der Waals surface area (Å²) < 4.78 is 22.8. The smallest absolute Gasteiger partial charge is 0.456 e. The zero-order chi connectivity index (χ0) is 23.8. The van der Waals surface area contributed by atoms with Gasteiger partial charge in [-0.2, -0.15) is 12.6 Å². The number of aryl methyl sites for hydroxylation is 1. The van der Waals surface area contributed by atoms with Gasteiger partial charge in [0, 0.05) is 5.75 Å². The van der Waals surface area contributed by atoms with Gasteiger partial charge in [-0.1, -0.05) is 13.8 Å². The van der Waals surface area contributed by atoms with Gasteiger partial charge in [-0.3, -0.25) is 9.59 Å². The van der Waals surface area contributed by atoms with E-state index in [4.69, 9.17) is 18.6 Å². The lowest BCUT2D eigenvalue weighted by molar-refractivity contribution is -0.155. The summed E-state index contributed by atoms with van der Waals surface area (Å²) in [5.74, 6) is -3.41. The topological polar surface area (TPSA) is 151 Å². The summed E-state index contributed by atoms with van der Waals surface area (Å²) in [6, 6.07) is -1.24. The number of thioether (sulfide) groups is 1. The van der Waals surface area contributed by atoms with Crippen LogP contribution in [0.15, 0.2) is 13.6 Å². The molecule has 0 radical (unpaired) electrons. The Bertz CT molecular complexity index is 852. The van der Waals surface area contributed by atoms with Crippen LogP contribution in [0.1, 0.15) is 39.2 Å². The van der Waals surface area contributed by atoms with E-state index in [0.717, 1.165) is 0 Å². The molecule has 1 N–H and O–H groups in total. The highest BCUT2D eigenvalue weighted by molar-refractivity contribution is 8.13. The molecule has 0 saturated carbocycles. The maximum absolute atomic E-state index is 12.4. The maximum Gasteiger partial charge on any atom is 0.519 e. The number of amides is 1. The zero-order valence-electron chi connectivity index (χ0n) is 17.7. The van der Waals surface area contributed by atoms with Crippen LogP contribution in [0, 0.1) is 12.8 Å². The molecule has 0 unspecified atom stereocenters. The van der Waals surface area contributed by atoms with Gasteiger partial charge in [-0.25, -0.2) is 14.4 Å². The predicted molar refractivity (Wildman–Crippen MR) is 112 cm³/mol. The number of hydrogen-bond acceptors (Lipinski definition) is 12. The highest BCUT2D eigenvalue weighted by Gasteiger charge is 2.30. The lowest BCUT2D eigenvalue weighted by atomic mass is 10.2. The van der Waals surface area contributed by atoms with Crippen LogP contribution in [-0.2, 0) is 35.2 Å². The molecule has 1 aromatic heterocycles. The Morgan fingerprint density at radius 2 is 1.74 bits per heavy atom. The molecule has 0 aliphatic carbocycles. The number of rotatable bonds is 10. The SMILES string of the molecule is Cc1oc(=O)oc1COC(=O)[C@H](CSC(=O)OCOC(=O)C(C)C)NC(=O)C(C)(C)S. The number of thiol groups is 1. The molecular formula is C18H25NO10S2. The van der Waals surface area contributed by atoms with E-state index in [0.29, 0.717) is 11.8 Å². The normalized spacial score (nSPS) is 12.2. The van der Waals surface area contributed by atoms with Crippen molar-refractivity contribution in [2.75, 3.05) is 12.5 Å². The Morgan fingerprint density at radius 3 is 2.26 bits per heavy atom. The highest BCUT2D eigenvalue weighted by atomic mass is 32.2. The van der Waals surface area contributed by atoms with Crippen LogP contribution in [0.25, 0.3) is 0 Å². The number of esters is 2. The first-order valence-corrected chi connectivity index (χ1v) is 10.5. The average molecular weight is 480 g/mol. The first-order valence-electron chi connectivity index (χ1n) is 9.06. The molecule has 1 amide bonds. The Labute approximate surface area is 187 Å². The second-order valence-corrected chi connectivity index (χ2v) is 9.14. The molecule has 31 heavy (non-hydrogen) atoms. The van der Waals surface area contributed by atoms with Crippen LogP contribution < -0.4 is 11.1 Å². The summed E-state index contributed by atoms with van der Waals surface area (Å²) in [7, 11) is 0. The second-order valence-electron chi connectivity index (χ2n) is 7.07. The van der Waals surface area contributed by atoms with Crippen LogP contribution in [0.5, 0.6) is 0 Å². The van der Waals surface area contributed by atoms with Crippen molar-refractivity contribution in [3.8, 4) is 0 Å². The monoisotopic (exact) mass is 479 g/mol. The second kappa shape index (κ2) is 11.8. The standard InChI is InChI=1S/C18H25NO10S2/c1-9(2)13(20)26-8-27-17(24)31-7-11(19-15(22)18(4,5)30)14(21)25-6-12-10(3)28-16(23)29-12/h9,11,30H,6-8H2,1-5H3,(H,19,22)/t11-/m0/s1. The van der Waals surface area contributed by atoms with Crippen LogP contribution in [0.4, 0.5) is 4.79 Å². The first-order chi connectivity index (χ1) is 14.3. The molecule has 0 spiro atoms. The molecule has 174 valence electrons. The van der Waals surface area contributed by atoms with Gasteiger partial charge in [-0.15, -0.1) is 0 Å². The predicted octanol–water partition coefficient (Wildman–Crippen LogP) is 1.80. The lowest BCUT2D eigenvalue weighted by Gasteiger charge is -2.22. The van der Waals surface area contributed by atoms with Gasteiger partial charge in [0.15, 0.2) is 18.1 Å². The molecule has 11 nitrogen and oxygen atoms in total. The van der Waals surface area contributed by atoms with Crippen molar-refractivity contribution in [2.24, 2.45) is 5.92 Å². The van der Waals surface area contributed by atoms with Crippen molar-refractivity contribution in [2.45, 2.75) is 52.0 Å². The third-order valence-corrected chi connectivity index (χ3v) is 4.60. The number of ether oxygens (including phenoxy) is 3. The Hall–Kier alpha value is -2.41. The van der Waals surface area contributed by atoms with Crippen molar-refractivity contribution in [1.29, 1.82) is 0 Å². The van der Waals surface area contributed by atoms with Gasteiger partial charge in [0.25, 0.3) is 0 Å². The molecule has 0 aliphatic rings. The quantitative estimate of drug-likeness (QED) is 0.287. The Morgan fingerprint density at radius 1 is 1.10 bits per heavy atom. The van der Waals surface area contributed by atoms with Crippen LogP contribution in [0.3, 0.4) is 0 Å². The third-order valence-electron chi connectivity index (χ3n) is 3.54. The summed E-state index contributed by atoms with van der Waals surface area (Å²) in [4.78, 5) is 58.9. The first kappa shape index (κ1) is 26.6. The number of carbonyl (C=O) groups excluding carboxylic acids is 4. The van der Waals surface area contributed by atoms with E-state index >= 15 is 0 Å². The van der Waals surface area contributed by atoms with Crippen molar-refractivity contribution in [1.82, 2.24) is 5.32 Å². The van der Waals surface area contributed by atoms with Gasteiger partial charge in [-0.05, 0) is 32.5 Å². The molecule has 1 rings (SSSR count). The highest BCUT2D eigenvalue weighted by Crippen LogP contribution is 2.15. The van der Waals surface area contributed by atoms with Gasteiger partial charge >= 0.3 is 23.1 Å². The number of nitrogens with one attached hydrogen (secondary N) is 1. The van der Waals surface area contributed by atoms with E-state index < -0.39 is 53.2 Å². The molecule has 0 aromatic carbocycles. The molecule has 1 atom stereocenters. The molecule has 0 aliphatic heterocycles. The fourth-order valence-corrected chi connectivity index (χ4v) is 2.46. The van der Waals surface area contributed by atoms with E-state index in [1.807, 2.05) is 0 Å². The average Bonchev–Trinajstić information content (AvgIpc) is 2.98. The van der Waals surface area contributed by atoms with Crippen LogP contribution in [-0.4, -0.2) is 46.5 Å². The summed E-state index contributed by atoms with van der Waals surface area (Å²) >= 11 is 4.71. The maximum atomic E-state index is 12.4. The van der Waals surface area contributed by atoms with Gasteiger partial charge < -0.3 is 28.4 Å². The van der Waals surface area contributed by atoms with Crippen LogP contribution >= 0.6 is 24.4 Å². The van der Waals surface area contributed by atoms with Gasteiger partial charge in [0.1, 0.15) is 6.04 Å². The number of carbonyl (C=O) groups is 4. The Kier molecular flexibility index (Phi) is 10.2. The van der Waals surface area contributed by atoms with Crippen molar-refractivity contribution >= 4 is 47.5 Å². The summed E-state index contributed by atoms with van der Waals surface area (Å²) in [5.41, 5.74) is 0. The fraction of sp³-hybridized carbons (Fsp3) is 0.611. The summed E-state index contributed by atoms with van der Waals surface area (Å²) in [6.45, 7) is 6.74.